The van der Waals surface area contributed by atoms with Gasteiger partial charge in [0.25, 0.3) is 0 Å². The second-order valence-electron chi connectivity index (χ2n) is 6.08. The summed E-state index contributed by atoms with van der Waals surface area (Å²) < 4.78 is 5.75. The first-order valence-corrected chi connectivity index (χ1v) is 7.91. The van der Waals surface area contributed by atoms with Crippen molar-refractivity contribution in [3.63, 3.8) is 0 Å². The Morgan fingerprint density at radius 1 is 1.00 bits per heavy atom. The quantitative estimate of drug-likeness (QED) is 0.579. The fourth-order valence-corrected chi connectivity index (χ4v) is 2.83. The molecule has 4 nitrogen and oxygen atoms in total. The summed E-state index contributed by atoms with van der Waals surface area (Å²) >= 11 is 0. The average molecular weight is 371 g/mol. The lowest BCUT2D eigenvalue weighted by molar-refractivity contribution is -0.001000. The van der Waals surface area contributed by atoms with Gasteiger partial charge in [0.15, 0.2) is 0 Å². The highest BCUT2D eigenvalue weighted by Gasteiger charge is 2.17. The van der Waals surface area contributed by atoms with Crippen LogP contribution in [0, 0.1) is 0 Å². The first-order chi connectivity index (χ1) is 10.7. The number of ether oxygens (including phenoxy) is 1. The van der Waals surface area contributed by atoms with Gasteiger partial charge in [0.05, 0.1) is 0 Å². The van der Waals surface area contributed by atoms with E-state index in [1.807, 2.05) is 24.3 Å². The molecule has 0 aromatic heterocycles. The fourth-order valence-electron chi connectivity index (χ4n) is 2.83. The molecule has 2 aromatic rings. The Labute approximate surface area is 156 Å². The summed E-state index contributed by atoms with van der Waals surface area (Å²) in [5.41, 5.74) is 0. The molecule has 3 rings (SSSR count). The maximum absolute atomic E-state index is 10.2. The van der Waals surface area contributed by atoms with Gasteiger partial charge in [0, 0.05) is 32.7 Å². The first-order valence-electron chi connectivity index (χ1n) is 7.91. The van der Waals surface area contributed by atoms with E-state index in [-0.39, 0.29) is 24.8 Å². The van der Waals surface area contributed by atoms with E-state index in [0.29, 0.717) is 13.2 Å². The highest BCUT2D eigenvalue weighted by atomic mass is 35.5. The number of benzene rings is 2. The molecule has 0 radical (unpaired) electrons. The predicted octanol–water partition coefficient (Wildman–Crippen LogP) is -4.17. The van der Waals surface area contributed by atoms with Gasteiger partial charge < -0.3 is 39.6 Å². The molecule has 0 saturated carbocycles. The van der Waals surface area contributed by atoms with Gasteiger partial charge in [-0.3, -0.25) is 4.90 Å². The summed E-state index contributed by atoms with van der Waals surface area (Å²) in [6, 6.07) is 14.3. The smallest absolute Gasteiger partial charge is 0.120 e. The monoisotopic (exact) mass is 370 g/mol. The number of rotatable bonds is 5. The summed E-state index contributed by atoms with van der Waals surface area (Å²) in [4.78, 5) is 4.61. The van der Waals surface area contributed by atoms with Crippen LogP contribution in [0.15, 0.2) is 42.5 Å². The summed E-state index contributed by atoms with van der Waals surface area (Å²) in [6.45, 7) is 5.19. The third kappa shape index (κ3) is 5.80. The zero-order chi connectivity index (χ0) is 15.4. The third-order valence-corrected chi connectivity index (χ3v) is 4.23. The minimum absolute atomic E-state index is 0. The molecule has 6 heteroatoms. The number of β-amino-alcohol motifs (C(OH)–C–C–N with tert-alkyl or cyclic N) is 1. The van der Waals surface area contributed by atoms with Gasteiger partial charge in [-0.1, -0.05) is 30.3 Å². The van der Waals surface area contributed by atoms with Crippen molar-refractivity contribution in [2.24, 2.45) is 0 Å². The van der Waals surface area contributed by atoms with Crippen LogP contribution < -0.4 is 29.6 Å². The number of nitrogens with zero attached hydrogens (tertiary/aromatic N) is 2. The Balaban J connectivity index is 0.00000144. The van der Waals surface area contributed by atoms with Crippen LogP contribution in [0.5, 0.6) is 5.75 Å². The predicted molar refractivity (Wildman–Crippen MR) is 89.4 cm³/mol. The SMILES string of the molecule is CN1CCN(CC(O)COc2ccc3ccccc3c2)CC1.[Cl-].[Cl-]. The van der Waals surface area contributed by atoms with Crippen LogP contribution in [0.3, 0.4) is 0 Å². The highest BCUT2D eigenvalue weighted by Crippen LogP contribution is 2.20. The molecule has 1 aliphatic rings. The molecule has 1 N–H and O–H groups in total. The van der Waals surface area contributed by atoms with Gasteiger partial charge in [-0.25, -0.2) is 0 Å². The molecule has 0 amide bonds. The lowest BCUT2D eigenvalue weighted by Crippen LogP contribution is -3.00. The first kappa shape index (κ1) is 21.0. The fraction of sp³-hybridized carbons (Fsp3) is 0.444. The van der Waals surface area contributed by atoms with E-state index >= 15 is 0 Å². The Morgan fingerprint density at radius 2 is 1.67 bits per heavy atom. The maximum Gasteiger partial charge on any atom is 0.120 e. The van der Waals surface area contributed by atoms with Crippen molar-refractivity contribution >= 4 is 10.8 Å². The minimum atomic E-state index is -0.449. The zero-order valence-corrected chi connectivity index (χ0v) is 15.4. The van der Waals surface area contributed by atoms with Crippen LogP contribution in [-0.4, -0.2) is 67.4 Å². The Hall–Kier alpha value is -1.04. The van der Waals surface area contributed by atoms with Crippen molar-refractivity contribution in [1.82, 2.24) is 9.80 Å². The van der Waals surface area contributed by atoms with Crippen LogP contribution in [0.25, 0.3) is 10.8 Å². The lowest BCUT2D eigenvalue weighted by Gasteiger charge is -2.33. The van der Waals surface area contributed by atoms with Crippen LogP contribution in [0.4, 0.5) is 0 Å². The number of piperazine rings is 1. The van der Waals surface area contributed by atoms with Gasteiger partial charge in [0.2, 0.25) is 0 Å². The van der Waals surface area contributed by atoms with Gasteiger partial charge in [0.1, 0.15) is 18.5 Å². The van der Waals surface area contributed by atoms with Crippen molar-refractivity contribution in [3.05, 3.63) is 42.5 Å². The molecule has 0 spiro atoms. The molecule has 0 bridgehead atoms. The second kappa shape index (κ2) is 10.1. The van der Waals surface area contributed by atoms with E-state index in [9.17, 15) is 5.11 Å². The molecule has 1 unspecified atom stereocenters. The normalized spacial score (nSPS) is 16.9. The van der Waals surface area contributed by atoms with Gasteiger partial charge in [-0.05, 0) is 30.0 Å². The Bertz CT molecular complexity index is 619. The molecule has 134 valence electrons. The van der Waals surface area contributed by atoms with E-state index < -0.39 is 6.10 Å². The van der Waals surface area contributed by atoms with Crippen molar-refractivity contribution < 1.29 is 34.7 Å². The molecule has 2 aromatic carbocycles. The molecule has 1 atom stereocenters. The van der Waals surface area contributed by atoms with E-state index in [1.54, 1.807) is 0 Å². The van der Waals surface area contributed by atoms with Gasteiger partial charge in [-0.15, -0.1) is 0 Å². The summed E-state index contributed by atoms with van der Waals surface area (Å²) in [5, 5.41) is 12.5. The maximum atomic E-state index is 10.2. The van der Waals surface area contributed by atoms with Crippen molar-refractivity contribution in [3.8, 4) is 5.75 Å². The molecule has 1 fully saturated rings. The van der Waals surface area contributed by atoms with E-state index in [2.05, 4.69) is 35.0 Å². The lowest BCUT2D eigenvalue weighted by atomic mass is 10.1. The molecule has 1 saturated heterocycles. The number of likely N-dealkylation sites (N-methyl/N-ethyl adjacent to an activating group) is 1. The van der Waals surface area contributed by atoms with E-state index in [0.717, 1.165) is 37.3 Å². The van der Waals surface area contributed by atoms with Gasteiger partial charge >= 0.3 is 0 Å². The summed E-state index contributed by atoms with van der Waals surface area (Å²) in [6.07, 6.45) is -0.449. The number of hydrogen-bond donors (Lipinski definition) is 1. The van der Waals surface area contributed by atoms with Crippen LogP contribution in [-0.2, 0) is 0 Å². The number of hydrogen-bond acceptors (Lipinski definition) is 4. The molecular formula is C18H24Cl2N2O2-2. The molecule has 1 heterocycles. The molecule has 0 aliphatic carbocycles. The van der Waals surface area contributed by atoms with E-state index in [1.165, 1.54) is 5.39 Å². The Morgan fingerprint density at radius 3 is 2.38 bits per heavy atom. The minimum Gasteiger partial charge on any atom is -1.00 e. The highest BCUT2D eigenvalue weighted by molar-refractivity contribution is 5.83. The van der Waals surface area contributed by atoms with Crippen LogP contribution in [0.2, 0.25) is 0 Å². The second-order valence-corrected chi connectivity index (χ2v) is 6.08. The third-order valence-electron chi connectivity index (χ3n) is 4.23. The van der Waals surface area contributed by atoms with Crippen LogP contribution >= 0.6 is 0 Å². The molecule has 24 heavy (non-hydrogen) atoms. The summed E-state index contributed by atoms with van der Waals surface area (Å²) in [7, 11) is 2.14. The Kier molecular flexibility index (Phi) is 8.81. The molecule has 1 aliphatic heterocycles. The zero-order valence-electron chi connectivity index (χ0n) is 13.9. The average Bonchev–Trinajstić information content (AvgIpc) is 2.55. The number of fused-ring (bicyclic) bond motifs is 1. The largest absolute Gasteiger partial charge is 1.00 e. The number of aliphatic hydroxyl groups is 1. The van der Waals surface area contributed by atoms with Crippen LogP contribution in [0.1, 0.15) is 0 Å². The van der Waals surface area contributed by atoms with E-state index in [4.69, 9.17) is 4.74 Å². The van der Waals surface area contributed by atoms with Crippen molar-refractivity contribution in [2.45, 2.75) is 6.10 Å². The number of aliphatic hydroxyl groups excluding tert-OH is 1. The standard InChI is InChI=1S/C18H24N2O2.2ClH/c1-19-8-10-20(11-9-19)13-17(21)14-22-18-7-6-15-4-2-3-5-16(15)12-18;;/h2-7,12,17,21H,8-11,13-14H2,1H3;2*1H/p-2. The summed E-state index contributed by atoms with van der Waals surface area (Å²) in [5.74, 6) is 0.816. The molecular weight excluding hydrogens is 347 g/mol. The topological polar surface area (TPSA) is 35.9 Å². The van der Waals surface area contributed by atoms with Crippen molar-refractivity contribution in [1.29, 1.82) is 0 Å². The van der Waals surface area contributed by atoms with Gasteiger partial charge in [-0.2, -0.15) is 0 Å². The number of halogens is 2. The van der Waals surface area contributed by atoms with Crippen molar-refractivity contribution in [2.75, 3.05) is 46.4 Å².